The van der Waals surface area contributed by atoms with Crippen molar-refractivity contribution in [2.75, 3.05) is 4.72 Å². The third kappa shape index (κ3) is 4.14. The zero-order chi connectivity index (χ0) is 20.6. The SMILES string of the molecule is Cc1cc2c(ncn2Cc2ccc(Cl)cc2)c(NS(=O)(=O)C2CCCCC2)c1C. The number of hydrogen-bond donors (Lipinski definition) is 1. The lowest BCUT2D eigenvalue weighted by Crippen LogP contribution is -2.30. The summed E-state index contributed by atoms with van der Waals surface area (Å²) in [6.45, 7) is 4.60. The number of sulfonamides is 1. The van der Waals surface area contributed by atoms with Gasteiger partial charge in [0.2, 0.25) is 10.0 Å². The Balaban J connectivity index is 1.71. The molecule has 0 saturated heterocycles. The van der Waals surface area contributed by atoms with Crippen molar-refractivity contribution in [2.24, 2.45) is 0 Å². The van der Waals surface area contributed by atoms with Gasteiger partial charge in [-0.2, -0.15) is 0 Å². The van der Waals surface area contributed by atoms with Gasteiger partial charge >= 0.3 is 0 Å². The standard InChI is InChI=1S/C22H26ClN3O2S/c1-15-12-20-22(24-14-26(20)13-17-8-10-18(23)11-9-17)21(16(15)2)25-29(27,28)19-6-4-3-5-7-19/h8-12,14,19,25H,3-7,13H2,1-2H3. The molecule has 154 valence electrons. The first-order valence-corrected chi connectivity index (χ1v) is 12.0. The van der Waals surface area contributed by atoms with Crippen LogP contribution < -0.4 is 4.72 Å². The van der Waals surface area contributed by atoms with Crippen LogP contribution in [-0.2, 0) is 16.6 Å². The van der Waals surface area contributed by atoms with E-state index in [0.29, 0.717) is 22.8 Å². The van der Waals surface area contributed by atoms with Crippen molar-refractivity contribution in [3.05, 3.63) is 58.4 Å². The quantitative estimate of drug-likeness (QED) is 0.585. The molecule has 0 radical (unpaired) electrons. The van der Waals surface area contributed by atoms with Crippen LogP contribution in [0.3, 0.4) is 0 Å². The van der Waals surface area contributed by atoms with E-state index in [4.69, 9.17) is 11.6 Å². The molecule has 1 heterocycles. The number of halogens is 1. The van der Waals surface area contributed by atoms with Crippen LogP contribution in [0.2, 0.25) is 5.02 Å². The third-order valence-corrected chi connectivity index (χ3v) is 8.03. The highest BCUT2D eigenvalue weighted by molar-refractivity contribution is 7.93. The van der Waals surface area contributed by atoms with Gasteiger partial charge in [0.15, 0.2) is 0 Å². The number of imidazole rings is 1. The lowest BCUT2D eigenvalue weighted by molar-refractivity contribution is 0.486. The molecule has 0 bridgehead atoms. The largest absolute Gasteiger partial charge is 0.326 e. The van der Waals surface area contributed by atoms with Crippen molar-refractivity contribution in [3.8, 4) is 0 Å². The van der Waals surface area contributed by atoms with Gasteiger partial charge in [0.25, 0.3) is 0 Å². The minimum absolute atomic E-state index is 0.317. The molecular formula is C22H26ClN3O2S. The van der Waals surface area contributed by atoms with Gasteiger partial charge < -0.3 is 4.57 Å². The second-order valence-electron chi connectivity index (χ2n) is 7.97. The van der Waals surface area contributed by atoms with E-state index in [1.807, 2.05) is 42.7 Å². The molecule has 1 N–H and O–H groups in total. The highest BCUT2D eigenvalue weighted by Gasteiger charge is 2.28. The Morgan fingerprint density at radius 3 is 2.52 bits per heavy atom. The molecule has 2 aromatic carbocycles. The maximum Gasteiger partial charge on any atom is 0.235 e. The summed E-state index contributed by atoms with van der Waals surface area (Å²) in [5.74, 6) is 0. The fourth-order valence-electron chi connectivity index (χ4n) is 4.06. The molecule has 0 unspecified atom stereocenters. The van der Waals surface area contributed by atoms with E-state index < -0.39 is 10.0 Å². The highest BCUT2D eigenvalue weighted by atomic mass is 35.5. The van der Waals surface area contributed by atoms with E-state index in [1.54, 1.807) is 6.33 Å². The predicted molar refractivity (Wildman–Crippen MR) is 119 cm³/mol. The molecular weight excluding hydrogens is 406 g/mol. The molecule has 5 nitrogen and oxygen atoms in total. The average molecular weight is 432 g/mol. The molecule has 0 aliphatic heterocycles. The number of hydrogen-bond acceptors (Lipinski definition) is 3. The topological polar surface area (TPSA) is 64.0 Å². The lowest BCUT2D eigenvalue weighted by Gasteiger charge is -2.23. The molecule has 4 rings (SSSR count). The number of fused-ring (bicyclic) bond motifs is 1. The number of aromatic nitrogens is 2. The van der Waals surface area contributed by atoms with Gasteiger partial charge in [0.1, 0.15) is 5.52 Å². The molecule has 7 heteroatoms. The van der Waals surface area contributed by atoms with Gasteiger partial charge in [-0.3, -0.25) is 4.72 Å². The Bertz CT molecular complexity index is 1130. The van der Waals surface area contributed by atoms with Crippen molar-refractivity contribution in [1.82, 2.24) is 9.55 Å². The molecule has 29 heavy (non-hydrogen) atoms. The van der Waals surface area contributed by atoms with Crippen molar-refractivity contribution in [1.29, 1.82) is 0 Å². The molecule has 0 atom stereocenters. The summed E-state index contributed by atoms with van der Waals surface area (Å²) in [5, 5.41) is 0.387. The van der Waals surface area contributed by atoms with Gasteiger partial charge in [-0.15, -0.1) is 0 Å². The van der Waals surface area contributed by atoms with Crippen LogP contribution in [0.15, 0.2) is 36.7 Å². The Morgan fingerprint density at radius 2 is 1.83 bits per heavy atom. The Labute approximate surface area is 177 Å². The van der Waals surface area contributed by atoms with Crippen molar-refractivity contribution in [3.63, 3.8) is 0 Å². The fourth-order valence-corrected chi connectivity index (χ4v) is 5.84. The number of aryl methyl sites for hydroxylation is 1. The van der Waals surface area contributed by atoms with E-state index >= 15 is 0 Å². The summed E-state index contributed by atoms with van der Waals surface area (Å²) < 4.78 is 31.0. The monoisotopic (exact) mass is 431 g/mol. The molecule has 1 aromatic heterocycles. The Hall–Kier alpha value is -2.05. The van der Waals surface area contributed by atoms with Crippen LogP contribution in [0.25, 0.3) is 11.0 Å². The molecule has 1 aliphatic carbocycles. The Morgan fingerprint density at radius 1 is 1.14 bits per heavy atom. The molecule has 0 amide bonds. The smallest absolute Gasteiger partial charge is 0.235 e. The number of anilines is 1. The summed E-state index contributed by atoms with van der Waals surface area (Å²) >= 11 is 5.99. The summed E-state index contributed by atoms with van der Waals surface area (Å²) in [7, 11) is -3.44. The van der Waals surface area contributed by atoms with E-state index in [-0.39, 0.29) is 5.25 Å². The summed E-state index contributed by atoms with van der Waals surface area (Å²) in [6, 6.07) is 9.79. The Kier molecular flexibility index (Phi) is 5.58. The van der Waals surface area contributed by atoms with E-state index in [9.17, 15) is 8.42 Å². The van der Waals surface area contributed by atoms with Crippen LogP contribution >= 0.6 is 11.6 Å². The van der Waals surface area contributed by atoms with E-state index in [0.717, 1.165) is 54.3 Å². The summed E-state index contributed by atoms with van der Waals surface area (Å²) in [5.41, 5.74) is 5.30. The van der Waals surface area contributed by atoms with Gasteiger partial charge in [-0.05, 0) is 61.6 Å². The van der Waals surface area contributed by atoms with E-state index in [2.05, 4.69) is 15.8 Å². The number of nitrogens with zero attached hydrogens (tertiary/aromatic N) is 2. The molecule has 0 spiro atoms. The van der Waals surface area contributed by atoms with Crippen molar-refractivity contribution < 1.29 is 8.42 Å². The second-order valence-corrected chi connectivity index (χ2v) is 10.4. The van der Waals surface area contributed by atoms with Gasteiger partial charge in [0, 0.05) is 11.6 Å². The molecule has 1 fully saturated rings. The number of nitrogens with one attached hydrogen (secondary N) is 1. The molecule has 1 saturated carbocycles. The fraction of sp³-hybridized carbons (Fsp3) is 0.409. The highest BCUT2D eigenvalue weighted by Crippen LogP contribution is 2.32. The minimum Gasteiger partial charge on any atom is -0.326 e. The van der Waals surface area contributed by atoms with Crippen LogP contribution in [-0.4, -0.2) is 23.2 Å². The zero-order valence-electron chi connectivity index (χ0n) is 16.8. The van der Waals surface area contributed by atoms with Crippen molar-refractivity contribution in [2.45, 2.75) is 57.7 Å². The van der Waals surface area contributed by atoms with Crippen LogP contribution in [0, 0.1) is 13.8 Å². The number of benzene rings is 2. The average Bonchev–Trinajstić information content (AvgIpc) is 3.10. The van der Waals surface area contributed by atoms with Crippen LogP contribution in [0.5, 0.6) is 0 Å². The predicted octanol–water partition coefficient (Wildman–Crippen LogP) is 5.43. The third-order valence-electron chi connectivity index (χ3n) is 5.94. The summed E-state index contributed by atoms with van der Waals surface area (Å²) in [4.78, 5) is 4.57. The maximum atomic E-state index is 13.0. The second kappa shape index (κ2) is 8.00. The first-order valence-electron chi connectivity index (χ1n) is 10.1. The normalized spacial score (nSPS) is 15.7. The van der Waals surface area contributed by atoms with Crippen LogP contribution in [0.1, 0.15) is 48.8 Å². The van der Waals surface area contributed by atoms with Crippen molar-refractivity contribution >= 4 is 38.3 Å². The first-order chi connectivity index (χ1) is 13.8. The summed E-state index contributed by atoms with van der Waals surface area (Å²) in [6.07, 6.45) is 6.31. The lowest BCUT2D eigenvalue weighted by atomic mass is 10.0. The first kappa shape index (κ1) is 20.2. The van der Waals surface area contributed by atoms with Gasteiger partial charge in [-0.1, -0.05) is 43.0 Å². The number of rotatable bonds is 5. The maximum absolute atomic E-state index is 13.0. The van der Waals surface area contributed by atoms with Crippen LogP contribution in [0.4, 0.5) is 5.69 Å². The van der Waals surface area contributed by atoms with Gasteiger partial charge in [-0.25, -0.2) is 13.4 Å². The van der Waals surface area contributed by atoms with Gasteiger partial charge in [0.05, 0.1) is 22.8 Å². The van der Waals surface area contributed by atoms with E-state index in [1.165, 1.54) is 0 Å². The molecule has 3 aromatic rings. The zero-order valence-corrected chi connectivity index (χ0v) is 18.4. The molecule has 1 aliphatic rings. The minimum atomic E-state index is -3.44.